The van der Waals surface area contributed by atoms with Crippen molar-refractivity contribution in [2.45, 2.75) is 57.5 Å². The van der Waals surface area contributed by atoms with Crippen LogP contribution in [0.1, 0.15) is 46.0 Å². The first-order valence-corrected chi connectivity index (χ1v) is 7.96. The van der Waals surface area contributed by atoms with E-state index in [9.17, 15) is 0 Å². The zero-order valence-electron chi connectivity index (χ0n) is 11.0. The summed E-state index contributed by atoms with van der Waals surface area (Å²) in [7, 11) is 0. The minimum Gasteiger partial charge on any atom is -0.366 e. The molecule has 0 amide bonds. The van der Waals surface area contributed by atoms with E-state index in [4.69, 9.17) is 0 Å². The van der Waals surface area contributed by atoms with Crippen LogP contribution in [0.2, 0.25) is 0 Å². The lowest BCUT2D eigenvalue weighted by Gasteiger charge is -2.43. The number of nitrogens with zero attached hydrogens (tertiary/aromatic N) is 1. The van der Waals surface area contributed by atoms with Gasteiger partial charge in [-0.2, -0.15) is 0 Å². The summed E-state index contributed by atoms with van der Waals surface area (Å²) in [6.07, 6.45) is 15.9. The molecule has 2 aliphatic rings. The van der Waals surface area contributed by atoms with Crippen molar-refractivity contribution >= 4 is 15.9 Å². The van der Waals surface area contributed by atoms with Crippen LogP contribution in [0.5, 0.6) is 0 Å². The smallest absolute Gasteiger partial charge is 0.0529 e. The summed E-state index contributed by atoms with van der Waals surface area (Å²) in [4.78, 5) is 2.58. The van der Waals surface area contributed by atoms with Crippen LogP contribution in [0, 0.1) is 5.92 Å². The molecule has 1 fully saturated rings. The van der Waals surface area contributed by atoms with Gasteiger partial charge in [0.05, 0.1) is 5.54 Å². The van der Waals surface area contributed by atoms with E-state index in [1.807, 2.05) is 0 Å². The lowest BCUT2D eigenvalue weighted by atomic mass is 9.92. The van der Waals surface area contributed by atoms with Crippen LogP contribution < -0.4 is 0 Å². The van der Waals surface area contributed by atoms with Gasteiger partial charge in [0.2, 0.25) is 0 Å². The lowest BCUT2D eigenvalue weighted by Crippen LogP contribution is -2.46. The van der Waals surface area contributed by atoms with Crippen molar-refractivity contribution in [2.75, 3.05) is 5.33 Å². The standard InChI is InChI=1S/C15H24BrN/c1-15(2)9-5-6-10-17(15)14-8-4-3-7-13(11-14)12-16/h5-6,9-10,13-14H,3-4,7-8,11-12H2,1-2H3. The highest BCUT2D eigenvalue weighted by Crippen LogP contribution is 2.33. The second-order valence-electron chi connectivity index (χ2n) is 5.96. The first kappa shape index (κ1) is 13.2. The monoisotopic (exact) mass is 297 g/mol. The molecule has 2 atom stereocenters. The van der Waals surface area contributed by atoms with Crippen molar-refractivity contribution in [3.63, 3.8) is 0 Å². The summed E-state index contributed by atoms with van der Waals surface area (Å²) >= 11 is 3.68. The molecule has 2 unspecified atom stereocenters. The highest BCUT2D eigenvalue weighted by Gasteiger charge is 2.31. The lowest BCUT2D eigenvalue weighted by molar-refractivity contribution is 0.144. The van der Waals surface area contributed by atoms with E-state index in [1.165, 1.54) is 32.1 Å². The second kappa shape index (κ2) is 5.60. The van der Waals surface area contributed by atoms with Gasteiger partial charge in [0, 0.05) is 17.6 Å². The SMILES string of the molecule is CC1(C)C=CC=CN1C1CCCCC(CBr)C1. The molecule has 0 aromatic rings. The van der Waals surface area contributed by atoms with E-state index in [-0.39, 0.29) is 5.54 Å². The van der Waals surface area contributed by atoms with Gasteiger partial charge < -0.3 is 4.90 Å². The van der Waals surface area contributed by atoms with Crippen LogP contribution >= 0.6 is 15.9 Å². The molecule has 0 aromatic carbocycles. The third kappa shape index (κ3) is 3.15. The van der Waals surface area contributed by atoms with Gasteiger partial charge in [-0.15, -0.1) is 0 Å². The number of alkyl halides is 1. The van der Waals surface area contributed by atoms with Crippen molar-refractivity contribution < 1.29 is 0 Å². The molecule has 1 nitrogen and oxygen atoms in total. The maximum Gasteiger partial charge on any atom is 0.0529 e. The molecule has 1 heterocycles. The van der Waals surface area contributed by atoms with E-state index in [1.54, 1.807) is 0 Å². The van der Waals surface area contributed by atoms with Gasteiger partial charge in [-0.05, 0) is 45.1 Å². The summed E-state index contributed by atoms with van der Waals surface area (Å²) in [5.74, 6) is 0.859. The topological polar surface area (TPSA) is 3.24 Å². The van der Waals surface area contributed by atoms with Crippen LogP contribution in [0.15, 0.2) is 24.4 Å². The second-order valence-corrected chi connectivity index (χ2v) is 6.60. The maximum absolute atomic E-state index is 3.68. The van der Waals surface area contributed by atoms with Gasteiger partial charge in [0.25, 0.3) is 0 Å². The molecule has 0 spiro atoms. The fourth-order valence-corrected chi connectivity index (χ4v) is 3.72. The summed E-state index contributed by atoms with van der Waals surface area (Å²) in [5, 5.41) is 1.16. The average molecular weight is 298 g/mol. The quantitative estimate of drug-likeness (QED) is 0.536. The fraction of sp³-hybridized carbons (Fsp3) is 0.733. The summed E-state index contributed by atoms with van der Waals surface area (Å²) in [5.41, 5.74) is 0.181. The summed E-state index contributed by atoms with van der Waals surface area (Å²) in [6.45, 7) is 4.64. The van der Waals surface area contributed by atoms with Crippen molar-refractivity contribution in [2.24, 2.45) is 5.92 Å². The first-order valence-electron chi connectivity index (χ1n) is 6.84. The fourth-order valence-electron chi connectivity index (χ4n) is 3.13. The Morgan fingerprint density at radius 3 is 2.71 bits per heavy atom. The zero-order chi connectivity index (χ0) is 12.3. The van der Waals surface area contributed by atoms with Crippen molar-refractivity contribution in [3.05, 3.63) is 24.4 Å². The third-order valence-corrected chi connectivity index (χ3v) is 5.06. The van der Waals surface area contributed by atoms with Gasteiger partial charge in [0.1, 0.15) is 0 Å². The largest absolute Gasteiger partial charge is 0.366 e. The van der Waals surface area contributed by atoms with Crippen molar-refractivity contribution in [1.29, 1.82) is 0 Å². The van der Waals surface area contributed by atoms with E-state index < -0.39 is 0 Å². The highest BCUT2D eigenvalue weighted by atomic mass is 79.9. The highest BCUT2D eigenvalue weighted by molar-refractivity contribution is 9.09. The number of hydrogen-bond acceptors (Lipinski definition) is 1. The van der Waals surface area contributed by atoms with Gasteiger partial charge in [-0.1, -0.05) is 40.9 Å². The molecule has 2 rings (SSSR count). The van der Waals surface area contributed by atoms with Gasteiger partial charge >= 0.3 is 0 Å². The zero-order valence-corrected chi connectivity index (χ0v) is 12.6. The first-order chi connectivity index (χ1) is 8.13. The predicted octanol–water partition coefficient (Wildman–Crippen LogP) is 4.49. The van der Waals surface area contributed by atoms with Crippen molar-refractivity contribution in [3.8, 4) is 0 Å². The Kier molecular flexibility index (Phi) is 4.35. The molecule has 0 bridgehead atoms. The minimum absolute atomic E-state index is 0.181. The molecular formula is C15H24BrN. The Hall–Kier alpha value is -0.240. The Balaban J connectivity index is 2.09. The molecule has 1 saturated carbocycles. The molecule has 96 valence electrons. The van der Waals surface area contributed by atoms with Crippen molar-refractivity contribution in [1.82, 2.24) is 4.90 Å². The molecule has 2 heteroatoms. The predicted molar refractivity (Wildman–Crippen MR) is 78.4 cm³/mol. The van der Waals surface area contributed by atoms with Crippen LogP contribution in [-0.2, 0) is 0 Å². The normalized spacial score (nSPS) is 32.5. The number of allylic oxidation sites excluding steroid dienone is 2. The number of hydrogen-bond donors (Lipinski definition) is 0. The number of rotatable bonds is 2. The Bertz CT molecular complexity index is 306. The van der Waals surface area contributed by atoms with Crippen LogP contribution in [0.25, 0.3) is 0 Å². The third-order valence-electron chi connectivity index (χ3n) is 4.14. The molecule has 0 N–H and O–H groups in total. The van der Waals surface area contributed by atoms with Gasteiger partial charge in [-0.3, -0.25) is 0 Å². The van der Waals surface area contributed by atoms with E-state index >= 15 is 0 Å². The summed E-state index contributed by atoms with van der Waals surface area (Å²) in [6, 6.07) is 0.719. The van der Waals surface area contributed by atoms with E-state index in [2.05, 4.69) is 59.1 Å². The van der Waals surface area contributed by atoms with Crippen LogP contribution in [0.4, 0.5) is 0 Å². The number of halogens is 1. The molecule has 0 saturated heterocycles. The molecule has 17 heavy (non-hydrogen) atoms. The minimum atomic E-state index is 0.181. The Morgan fingerprint density at radius 2 is 2.00 bits per heavy atom. The molecule has 1 aliphatic heterocycles. The van der Waals surface area contributed by atoms with E-state index in [0.29, 0.717) is 0 Å². The van der Waals surface area contributed by atoms with Gasteiger partial charge in [-0.25, -0.2) is 0 Å². The van der Waals surface area contributed by atoms with E-state index in [0.717, 1.165) is 17.3 Å². The molecule has 0 radical (unpaired) electrons. The maximum atomic E-state index is 3.68. The molecular weight excluding hydrogens is 274 g/mol. The Labute approximate surface area is 114 Å². The average Bonchev–Trinajstić information content (AvgIpc) is 2.53. The molecule has 1 aliphatic carbocycles. The molecule has 0 aromatic heterocycles. The van der Waals surface area contributed by atoms with Crippen LogP contribution in [0.3, 0.4) is 0 Å². The summed E-state index contributed by atoms with van der Waals surface area (Å²) < 4.78 is 0. The van der Waals surface area contributed by atoms with Crippen LogP contribution in [-0.4, -0.2) is 21.8 Å². The Morgan fingerprint density at radius 1 is 1.24 bits per heavy atom. The van der Waals surface area contributed by atoms with Gasteiger partial charge in [0.15, 0.2) is 0 Å².